The molecule has 1 N–H and O–H groups in total. The minimum Gasteiger partial charge on any atom is -0.495 e. The van der Waals surface area contributed by atoms with Gasteiger partial charge in [0.1, 0.15) is 28.5 Å². The van der Waals surface area contributed by atoms with Crippen molar-refractivity contribution >= 4 is 32.6 Å². The minimum absolute atomic E-state index is 0.0600. The molecule has 9 heteroatoms. The van der Waals surface area contributed by atoms with Crippen LogP contribution in [0.5, 0.6) is 5.75 Å². The van der Waals surface area contributed by atoms with Gasteiger partial charge in [-0.15, -0.1) is 0 Å². The van der Waals surface area contributed by atoms with Crippen molar-refractivity contribution in [3.05, 3.63) is 47.8 Å². The summed E-state index contributed by atoms with van der Waals surface area (Å²) in [5.41, 5.74) is 0.778. The van der Waals surface area contributed by atoms with Crippen LogP contribution < -0.4 is 9.04 Å². The number of ether oxygens (including phenoxy) is 1. The first-order valence-electron chi connectivity index (χ1n) is 9.30. The van der Waals surface area contributed by atoms with Gasteiger partial charge >= 0.3 is 5.97 Å². The second-order valence-corrected chi connectivity index (χ2v) is 9.28. The molecule has 1 fully saturated rings. The van der Waals surface area contributed by atoms with Crippen LogP contribution >= 0.6 is 0 Å². The lowest BCUT2D eigenvalue weighted by Crippen LogP contribution is -2.32. The number of halogens is 1. The van der Waals surface area contributed by atoms with Crippen molar-refractivity contribution in [2.45, 2.75) is 12.8 Å². The third-order valence-electron chi connectivity index (χ3n) is 5.10. The number of rotatable bonds is 7. The maximum atomic E-state index is 13.3. The lowest BCUT2D eigenvalue weighted by Gasteiger charge is -2.24. The first kappa shape index (κ1) is 20.2. The van der Waals surface area contributed by atoms with E-state index in [1.807, 2.05) is 0 Å². The van der Waals surface area contributed by atoms with Crippen LogP contribution in [0.15, 0.2) is 40.8 Å². The number of methoxy groups -OCH3 is 1. The van der Waals surface area contributed by atoms with Gasteiger partial charge in [-0.1, -0.05) is 0 Å². The second kappa shape index (κ2) is 7.32. The van der Waals surface area contributed by atoms with Crippen molar-refractivity contribution in [2.75, 3.05) is 24.2 Å². The number of carboxylic acids is 1. The number of aromatic carboxylic acids is 1. The molecule has 0 spiro atoms. The van der Waals surface area contributed by atoms with Gasteiger partial charge < -0.3 is 14.3 Å². The summed E-state index contributed by atoms with van der Waals surface area (Å²) in [6.07, 6.45) is 3.03. The maximum absolute atomic E-state index is 13.3. The lowest BCUT2D eigenvalue weighted by atomic mass is 10.0. The zero-order chi connectivity index (χ0) is 21.6. The van der Waals surface area contributed by atoms with E-state index < -0.39 is 21.8 Å². The van der Waals surface area contributed by atoms with Gasteiger partial charge in [-0.2, -0.15) is 0 Å². The molecule has 3 aromatic rings. The number of nitrogens with zero attached hydrogens (tertiary/aromatic N) is 1. The molecule has 158 valence electrons. The van der Waals surface area contributed by atoms with Gasteiger partial charge in [-0.05, 0) is 49.1 Å². The van der Waals surface area contributed by atoms with E-state index in [2.05, 4.69) is 0 Å². The van der Waals surface area contributed by atoms with E-state index in [1.54, 1.807) is 0 Å². The zero-order valence-electron chi connectivity index (χ0n) is 16.4. The lowest BCUT2D eigenvalue weighted by molar-refractivity contribution is 0.0699. The number of carbonyl (C=O) groups is 1. The van der Waals surface area contributed by atoms with Gasteiger partial charge in [0.2, 0.25) is 10.0 Å². The molecule has 7 nitrogen and oxygen atoms in total. The molecule has 1 aliphatic rings. The van der Waals surface area contributed by atoms with Crippen molar-refractivity contribution in [3.63, 3.8) is 0 Å². The van der Waals surface area contributed by atoms with E-state index >= 15 is 0 Å². The molecular formula is C21H20FNO6S. The number of fused-ring (bicyclic) bond motifs is 1. The number of sulfonamides is 1. The van der Waals surface area contributed by atoms with Gasteiger partial charge in [0, 0.05) is 23.6 Å². The van der Waals surface area contributed by atoms with E-state index in [-0.39, 0.29) is 39.6 Å². The highest BCUT2D eigenvalue weighted by Crippen LogP contribution is 2.42. The van der Waals surface area contributed by atoms with Crippen LogP contribution in [0.4, 0.5) is 10.1 Å². The summed E-state index contributed by atoms with van der Waals surface area (Å²) in [7, 11) is -2.20. The fraction of sp³-hybridized carbons (Fsp3) is 0.286. The van der Waals surface area contributed by atoms with Gasteiger partial charge in [-0.3, -0.25) is 4.31 Å². The molecule has 0 saturated heterocycles. The molecule has 0 atom stereocenters. The maximum Gasteiger partial charge on any atom is 0.340 e. The molecule has 0 bridgehead atoms. The van der Waals surface area contributed by atoms with E-state index in [0.717, 1.165) is 19.1 Å². The number of benzene rings is 2. The molecule has 1 heterocycles. The van der Waals surface area contributed by atoms with Crippen molar-refractivity contribution in [3.8, 4) is 17.1 Å². The predicted octanol–water partition coefficient (Wildman–Crippen LogP) is 4.12. The first-order valence-corrected chi connectivity index (χ1v) is 11.2. The number of anilines is 1. The van der Waals surface area contributed by atoms with Crippen LogP contribution in [0.2, 0.25) is 0 Å². The molecule has 1 aliphatic carbocycles. The average molecular weight is 433 g/mol. The summed E-state index contributed by atoms with van der Waals surface area (Å²) in [4.78, 5) is 12.0. The molecule has 0 aliphatic heterocycles. The zero-order valence-corrected chi connectivity index (χ0v) is 17.2. The Kier molecular flexibility index (Phi) is 4.93. The van der Waals surface area contributed by atoms with E-state index in [4.69, 9.17) is 9.15 Å². The molecule has 30 heavy (non-hydrogen) atoms. The number of hydrogen-bond donors (Lipinski definition) is 1. The summed E-state index contributed by atoms with van der Waals surface area (Å²) in [5, 5.41) is 10.1. The van der Waals surface area contributed by atoms with Crippen molar-refractivity contribution in [1.29, 1.82) is 0 Å². The van der Waals surface area contributed by atoms with Crippen LogP contribution in [0, 0.1) is 11.7 Å². The highest BCUT2D eigenvalue weighted by molar-refractivity contribution is 7.92. The summed E-state index contributed by atoms with van der Waals surface area (Å²) >= 11 is 0. The van der Waals surface area contributed by atoms with E-state index in [9.17, 15) is 22.7 Å². The van der Waals surface area contributed by atoms with Crippen molar-refractivity contribution in [2.24, 2.45) is 5.92 Å². The van der Waals surface area contributed by atoms with Crippen LogP contribution in [0.1, 0.15) is 23.2 Å². The predicted molar refractivity (Wildman–Crippen MR) is 110 cm³/mol. The monoisotopic (exact) mass is 433 g/mol. The Bertz CT molecular complexity index is 1230. The molecule has 2 aromatic carbocycles. The SMILES string of the molecule is COc1cc2c(C(=O)O)c(-c3ccc(F)cc3)oc2cc1N(CC1CC1)S(C)(=O)=O. The smallest absolute Gasteiger partial charge is 0.340 e. The fourth-order valence-electron chi connectivity index (χ4n) is 3.43. The molecule has 0 radical (unpaired) electrons. The highest BCUT2D eigenvalue weighted by atomic mass is 32.2. The summed E-state index contributed by atoms with van der Waals surface area (Å²) < 4.78 is 50.7. The van der Waals surface area contributed by atoms with Gasteiger partial charge in [-0.25, -0.2) is 17.6 Å². The summed E-state index contributed by atoms with van der Waals surface area (Å²) in [5.74, 6) is -1.12. The van der Waals surface area contributed by atoms with Crippen molar-refractivity contribution in [1.82, 2.24) is 0 Å². The Labute approximate surface area is 172 Å². The second-order valence-electron chi connectivity index (χ2n) is 7.38. The van der Waals surface area contributed by atoms with E-state index in [0.29, 0.717) is 12.1 Å². The topological polar surface area (TPSA) is 97.1 Å². The third-order valence-corrected chi connectivity index (χ3v) is 6.25. The number of carboxylic acid groups (broad SMARTS) is 1. The van der Waals surface area contributed by atoms with Crippen LogP contribution in [0.25, 0.3) is 22.3 Å². The number of hydrogen-bond acceptors (Lipinski definition) is 5. The Balaban J connectivity index is 1.94. The summed E-state index contributed by atoms with van der Waals surface area (Å²) in [6.45, 7) is 0.317. The molecule has 0 unspecified atom stereocenters. The molecule has 1 saturated carbocycles. The Hall–Kier alpha value is -3.07. The highest BCUT2D eigenvalue weighted by Gasteiger charge is 2.32. The van der Waals surface area contributed by atoms with E-state index in [1.165, 1.54) is 47.8 Å². The fourth-order valence-corrected chi connectivity index (χ4v) is 4.42. The molecule has 0 amide bonds. The number of furan rings is 1. The largest absolute Gasteiger partial charge is 0.495 e. The Morgan fingerprint density at radius 2 is 1.93 bits per heavy atom. The normalized spacial score (nSPS) is 14.1. The van der Waals surface area contributed by atoms with Crippen LogP contribution in [-0.2, 0) is 10.0 Å². The summed E-state index contributed by atoms with van der Waals surface area (Å²) in [6, 6.07) is 8.22. The van der Waals surface area contributed by atoms with Crippen molar-refractivity contribution < 1.29 is 31.9 Å². The standard InChI is InChI=1S/C21H20FNO6S/c1-28-18-9-15-17(10-16(18)23(30(2,26)27)11-12-3-4-12)29-20(19(15)21(24)25)13-5-7-14(22)8-6-13/h5-10,12H,3-4,11H2,1-2H3,(H,24,25). The molecule has 1 aromatic heterocycles. The van der Waals surface area contributed by atoms with Gasteiger partial charge in [0.25, 0.3) is 0 Å². The van der Waals surface area contributed by atoms with Crippen LogP contribution in [0.3, 0.4) is 0 Å². The minimum atomic E-state index is -3.60. The quantitative estimate of drug-likeness (QED) is 0.602. The molecule has 4 rings (SSSR count). The Morgan fingerprint density at radius 1 is 1.27 bits per heavy atom. The third kappa shape index (κ3) is 3.72. The molecular weight excluding hydrogens is 413 g/mol. The van der Waals surface area contributed by atoms with Gasteiger partial charge in [0.05, 0.1) is 19.1 Å². The Morgan fingerprint density at radius 3 is 2.47 bits per heavy atom. The average Bonchev–Trinajstić information content (AvgIpc) is 3.43. The van der Waals surface area contributed by atoms with Gasteiger partial charge in [0.15, 0.2) is 0 Å². The van der Waals surface area contributed by atoms with Crippen LogP contribution in [-0.4, -0.2) is 39.4 Å². The first-order chi connectivity index (χ1) is 14.2.